The van der Waals surface area contributed by atoms with Crippen molar-refractivity contribution in [2.24, 2.45) is 4.99 Å². The number of rotatable bonds is 2. The maximum Gasteiger partial charge on any atom is 0.163 e. The van der Waals surface area contributed by atoms with Crippen LogP contribution < -0.4 is 5.32 Å². The number of nitrogens with one attached hydrogen (secondary N) is 1. The Hall–Kier alpha value is -1.27. The highest BCUT2D eigenvalue weighted by Gasteiger charge is 2.35. The topological polar surface area (TPSA) is 49.3 Å². The zero-order valence-corrected chi connectivity index (χ0v) is 11.1. The van der Waals surface area contributed by atoms with E-state index >= 15 is 0 Å². The second kappa shape index (κ2) is 4.13. The predicted molar refractivity (Wildman–Crippen MR) is 67.8 cm³/mol. The minimum absolute atomic E-state index is 0.120. The molecule has 3 heterocycles. The molecule has 0 aromatic rings. The zero-order chi connectivity index (χ0) is 12.8. The Kier molecular flexibility index (Phi) is 2.71. The Bertz CT molecular complexity index is 405. The van der Waals surface area contributed by atoms with Crippen LogP contribution in [-0.2, 0) is 9.47 Å². The summed E-state index contributed by atoms with van der Waals surface area (Å²) in [6, 6.07) is 0. The van der Waals surface area contributed by atoms with Gasteiger partial charge in [-0.25, -0.2) is 0 Å². The third-order valence-corrected chi connectivity index (χ3v) is 3.40. The molecule has 6 nitrogen and oxygen atoms in total. The van der Waals surface area contributed by atoms with E-state index in [1.165, 1.54) is 0 Å². The van der Waals surface area contributed by atoms with Gasteiger partial charge in [-0.1, -0.05) is 0 Å². The molecular weight excluding hydrogens is 232 g/mol. The molecule has 0 aromatic carbocycles. The van der Waals surface area contributed by atoms with Gasteiger partial charge in [0.2, 0.25) is 0 Å². The first-order valence-electron chi connectivity index (χ1n) is 6.31. The van der Waals surface area contributed by atoms with Gasteiger partial charge in [0.1, 0.15) is 18.6 Å². The first-order chi connectivity index (χ1) is 8.55. The SMILES string of the molecule is CN1CN=CC2=C1NCN2CC1COC(C)(C)O1. The summed E-state index contributed by atoms with van der Waals surface area (Å²) in [5, 5.41) is 3.40. The van der Waals surface area contributed by atoms with Crippen molar-refractivity contribution in [3.8, 4) is 0 Å². The van der Waals surface area contributed by atoms with Crippen molar-refractivity contribution in [1.82, 2.24) is 15.1 Å². The largest absolute Gasteiger partial charge is 0.353 e. The maximum absolute atomic E-state index is 5.84. The van der Waals surface area contributed by atoms with Gasteiger partial charge in [0.15, 0.2) is 5.79 Å². The fraction of sp³-hybridized carbons (Fsp3) is 0.750. The maximum atomic E-state index is 5.84. The fourth-order valence-corrected chi connectivity index (χ4v) is 2.55. The lowest BCUT2D eigenvalue weighted by molar-refractivity contribution is -0.139. The summed E-state index contributed by atoms with van der Waals surface area (Å²) in [6.45, 7) is 6.91. The predicted octanol–water partition coefficient (Wildman–Crippen LogP) is 0.143. The lowest BCUT2D eigenvalue weighted by Crippen LogP contribution is -2.34. The van der Waals surface area contributed by atoms with Crippen molar-refractivity contribution in [2.75, 3.05) is 33.5 Å². The molecule has 0 aliphatic carbocycles. The van der Waals surface area contributed by atoms with Gasteiger partial charge in [-0.3, -0.25) is 4.99 Å². The summed E-state index contributed by atoms with van der Waals surface area (Å²) in [5.74, 6) is 0.704. The third-order valence-electron chi connectivity index (χ3n) is 3.40. The molecule has 0 spiro atoms. The highest BCUT2D eigenvalue weighted by molar-refractivity contribution is 5.80. The van der Waals surface area contributed by atoms with Crippen LogP contribution in [0.3, 0.4) is 0 Å². The normalized spacial score (nSPS) is 29.8. The van der Waals surface area contributed by atoms with Crippen LogP contribution in [0.5, 0.6) is 0 Å². The number of hydrogen-bond acceptors (Lipinski definition) is 6. The van der Waals surface area contributed by atoms with Crippen LogP contribution in [-0.4, -0.2) is 61.4 Å². The number of hydrogen-bond donors (Lipinski definition) is 1. The molecule has 0 radical (unpaired) electrons. The minimum Gasteiger partial charge on any atom is -0.353 e. The molecule has 1 unspecified atom stereocenters. The first-order valence-corrected chi connectivity index (χ1v) is 6.31. The summed E-state index contributed by atoms with van der Waals surface area (Å²) in [7, 11) is 2.04. The lowest BCUT2D eigenvalue weighted by atomic mass is 10.3. The van der Waals surface area contributed by atoms with Crippen molar-refractivity contribution in [1.29, 1.82) is 0 Å². The van der Waals surface area contributed by atoms with Gasteiger partial charge in [0.05, 0.1) is 25.2 Å². The van der Waals surface area contributed by atoms with E-state index in [2.05, 4.69) is 20.1 Å². The lowest BCUT2D eigenvalue weighted by Gasteiger charge is -2.25. The molecule has 1 N–H and O–H groups in total. The molecule has 0 amide bonds. The second-order valence-electron chi connectivity index (χ2n) is 5.39. The van der Waals surface area contributed by atoms with Crippen LogP contribution in [0.2, 0.25) is 0 Å². The number of aliphatic imine (C=N–C) groups is 1. The van der Waals surface area contributed by atoms with Gasteiger partial charge in [-0.15, -0.1) is 0 Å². The van der Waals surface area contributed by atoms with Crippen molar-refractivity contribution < 1.29 is 9.47 Å². The molecular formula is C12H20N4O2. The monoisotopic (exact) mass is 252 g/mol. The second-order valence-corrected chi connectivity index (χ2v) is 5.39. The van der Waals surface area contributed by atoms with Gasteiger partial charge < -0.3 is 24.6 Å². The Balaban J connectivity index is 1.67. The van der Waals surface area contributed by atoms with Crippen LogP contribution in [0.15, 0.2) is 16.5 Å². The molecule has 1 fully saturated rings. The molecule has 0 saturated carbocycles. The summed E-state index contributed by atoms with van der Waals surface area (Å²) < 4.78 is 11.4. The van der Waals surface area contributed by atoms with E-state index in [1.54, 1.807) is 0 Å². The summed E-state index contributed by atoms with van der Waals surface area (Å²) >= 11 is 0. The van der Waals surface area contributed by atoms with Crippen LogP contribution in [0.25, 0.3) is 0 Å². The van der Waals surface area contributed by atoms with E-state index < -0.39 is 5.79 Å². The smallest absolute Gasteiger partial charge is 0.163 e. The highest BCUT2D eigenvalue weighted by atomic mass is 16.7. The van der Waals surface area contributed by atoms with E-state index in [4.69, 9.17) is 9.47 Å². The Morgan fingerprint density at radius 3 is 3.11 bits per heavy atom. The third kappa shape index (κ3) is 2.06. The molecule has 3 aliphatic rings. The van der Waals surface area contributed by atoms with Gasteiger partial charge in [-0.05, 0) is 13.8 Å². The zero-order valence-electron chi connectivity index (χ0n) is 11.1. The Labute approximate surface area is 107 Å². The average molecular weight is 252 g/mol. The van der Waals surface area contributed by atoms with Crippen LogP contribution in [0, 0.1) is 0 Å². The first kappa shape index (κ1) is 11.8. The van der Waals surface area contributed by atoms with Crippen molar-refractivity contribution in [2.45, 2.75) is 25.7 Å². The highest BCUT2D eigenvalue weighted by Crippen LogP contribution is 2.25. The van der Waals surface area contributed by atoms with Gasteiger partial charge in [-0.2, -0.15) is 0 Å². The molecule has 3 rings (SSSR count). The molecule has 6 heteroatoms. The standard InChI is InChI=1S/C12H20N4O2/c1-12(2)17-6-9(18-12)5-16-8-14-11-10(16)4-13-7-15(11)3/h4,9,14H,5-8H2,1-3H3. The van der Waals surface area contributed by atoms with E-state index in [1.807, 2.05) is 27.1 Å². The molecule has 100 valence electrons. The fourth-order valence-electron chi connectivity index (χ4n) is 2.55. The van der Waals surface area contributed by atoms with Gasteiger partial charge in [0.25, 0.3) is 0 Å². The Morgan fingerprint density at radius 1 is 1.56 bits per heavy atom. The van der Waals surface area contributed by atoms with E-state index in [9.17, 15) is 0 Å². The molecule has 0 bridgehead atoms. The average Bonchev–Trinajstić information content (AvgIpc) is 2.85. The van der Waals surface area contributed by atoms with E-state index in [-0.39, 0.29) is 6.10 Å². The van der Waals surface area contributed by atoms with E-state index in [0.717, 1.165) is 31.4 Å². The summed E-state index contributed by atoms with van der Waals surface area (Å²) in [5.41, 5.74) is 1.15. The van der Waals surface area contributed by atoms with Crippen LogP contribution in [0.4, 0.5) is 0 Å². The number of nitrogens with zero attached hydrogens (tertiary/aromatic N) is 3. The van der Waals surface area contributed by atoms with E-state index in [0.29, 0.717) is 6.61 Å². The molecule has 1 atom stereocenters. The van der Waals surface area contributed by atoms with Gasteiger partial charge in [0, 0.05) is 13.6 Å². The molecule has 1 saturated heterocycles. The quantitative estimate of drug-likeness (QED) is 0.758. The van der Waals surface area contributed by atoms with Crippen molar-refractivity contribution >= 4 is 6.21 Å². The van der Waals surface area contributed by atoms with Crippen LogP contribution in [0.1, 0.15) is 13.8 Å². The molecule has 3 aliphatic heterocycles. The van der Waals surface area contributed by atoms with Crippen LogP contribution >= 0.6 is 0 Å². The summed E-state index contributed by atoms with van der Waals surface area (Å²) in [4.78, 5) is 8.71. The Morgan fingerprint density at radius 2 is 2.39 bits per heavy atom. The number of allylic oxidation sites excluding steroid dienone is 1. The van der Waals surface area contributed by atoms with Crippen molar-refractivity contribution in [3.63, 3.8) is 0 Å². The number of ether oxygens (including phenoxy) is 2. The van der Waals surface area contributed by atoms with Crippen molar-refractivity contribution in [3.05, 3.63) is 11.5 Å². The molecule has 0 aromatic heterocycles. The molecule has 18 heavy (non-hydrogen) atoms. The minimum atomic E-state index is -0.452. The summed E-state index contributed by atoms with van der Waals surface area (Å²) in [6.07, 6.45) is 2.06. The van der Waals surface area contributed by atoms with Gasteiger partial charge >= 0.3 is 0 Å².